The molecule has 1 aliphatic carbocycles. The minimum Gasteiger partial charge on any atom is -0.444 e. The molecule has 5 heteroatoms. The second kappa shape index (κ2) is 6.19. The lowest BCUT2D eigenvalue weighted by Crippen LogP contribution is -2.46. The standard InChI is InChI=1S/C12H22N2O2S/c1-12(2,3)16-11(15)14-10(17)13-9-7-5-4-6-8-9/h9H,4-8H2,1-3H3,(H2,13,14,15,17). The summed E-state index contributed by atoms with van der Waals surface area (Å²) in [6.45, 7) is 5.47. The largest absolute Gasteiger partial charge is 0.444 e. The number of carbonyl (C=O) groups excluding carboxylic acids is 1. The second-order valence-corrected chi connectivity index (χ2v) is 5.84. The molecule has 2 N–H and O–H groups in total. The van der Waals surface area contributed by atoms with Crippen molar-refractivity contribution in [3.05, 3.63) is 0 Å². The zero-order chi connectivity index (χ0) is 12.9. The van der Waals surface area contributed by atoms with Crippen molar-refractivity contribution in [2.75, 3.05) is 0 Å². The molecule has 1 rings (SSSR count). The van der Waals surface area contributed by atoms with Gasteiger partial charge in [-0.15, -0.1) is 0 Å². The van der Waals surface area contributed by atoms with E-state index in [-0.39, 0.29) is 0 Å². The van der Waals surface area contributed by atoms with Crippen LogP contribution in [0, 0.1) is 0 Å². The average Bonchev–Trinajstić information content (AvgIpc) is 2.15. The molecule has 1 saturated carbocycles. The van der Waals surface area contributed by atoms with Crippen LogP contribution in [0.3, 0.4) is 0 Å². The van der Waals surface area contributed by atoms with E-state index in [0.29, 0.717) is 11.2 Å². The first-order chi connectivity index (χ1) is 7.87. The van der Waals surface area contributed by atoms with Gasteiger partial charge in [0, 0.05) is 6.04 Å². The minimum absolute atomic E-state index is 0.367. The van der Waals surface area contributed by atoms with Crippen LogP contribution >= 0.6 is 12.2 Å². The van der Waals surface area contributed by atoms with E-state index in [1.807, 2.05) is 20.8 Å². The lowest BCUT2D eigenvalue weighted by molar-refractivity contribution is 0.0562. The number of hydrogen-bond donors (Lipinski definition) is 2. The number of ether oxygens (including phenoxy) is 1. The molecule has 1 fully saturated rings. The average molecular weight is 258 g/mol. The molecule has 98 valence electrons. The van der Waals surface area contributed by atoms with Crippen LogP contribution in [0.25, 0.3) is 0 Å². The first kappa shape index (κ1) is 14.2. The van der Waals surface area contributed by atoms with Crippen LogP contribution in [0.1, 0.15) is 52.9 Å². The van der Waals surface area contributed by atoms with Crippen LogP contribution in [0.15, 0.2) is 0 Å². The molecule has 0 radical (unpaired) electrons. The molecule has 17 heavy (non-hydrogen) atoms. The Labute approximate surface area is 108 Å². The van der Waals surface area contributed by atoms with Gasteiger partial charge in [-0.1, -0.05) is 19.3 Å². The summed E-state index contributed by atoms with van der Waals surface area (Å²) >= 11 is 5.08. The van der Waals surface area contributed by atoms with Crippen LogP contribution < -0.4 is 10.6 Å². The molecule has 1 aliphatic rings. The molecular weight excluding hydrogens is 236 g/mol. The van der Waals surface area contributed by atoms with Gasteiger partial charge in [0.1, 0.15) is 5.60 Å². The third kappa shape index (κ3) is 6.46. The Kier molecular flexibility index (Phi) is 5.18. The van der Waals surface area contributed by atoms with Gasteiger partial charge in [0.15, 0.2) is 5.11 Å². The molecule has 0 atom stereocenters. The Hall–Kier alpha value is -0.840. The van der Waals surface area contributed by atoms with E-state index in [0.717, 1.165) is 12.8 Å². The minimum atomic E-state index is -0.496. The van der Waals surface area contributed by atoms with E-state index in [1.165, 1.54) is 19.3 Å². The van der Waals surface area contributed by atoms with Crippen molar-refractivity contribution in [2.45, 2.75) is 64.5 Å². The molecule has 1 amide bonds. The molecule has 0 aromatic carbocycles. The number of carbonyl (C=O) groups is 1. The van der Waals surface area contributed by atoms with Crippen molar-refractivity contribution < 1.29 is 9.53 Å². The Balaban J connectivity index is 2.26. The van der Waals surface area contributed by atoms with Gasteiger partial charge in [-0.3, -0.25) is 5.32 Å². The number of thiocarbonyl (C=S) groups is 1. The summed E-state index contributed by atoms with van der Waals surface area (Å²) < 4.78 is 5.12. The van der Waals surface area contributed by atoms with Crippen LogP contribution in [-0.4, -0.2) is 22.8 Å². The fraction of sp³-hybridized carbons (Fsp3) is 0.833. The Morgan fingerprint density at radius 1 is 1.24 bits per heavy atom. The highest BCUT2D eigenvalue weighted by atomic mass is 32.1. The quantitative estimate of drug-likeness (QED) is 0.710. The molecule has 0 aliphatic heterocycles. The van der Waals surface area contributed by atoms with E-state index in [9.17, 15) is 4.79 Å². The van der Waals surface area contributed by atoms with E-state index < -0.39 is 11.7 Å². The molecule has 0 heterocycles. The van der Waals surface area contributed by atoms with E-state index in [1.54, 1.807) is 0 Å². The topological polar surface area (TPSA) is 50.4 Å². The fourth-order valence-electron chi connectivity index (χ4n) is 1.86. The third-order valence-corrected chi connectivity index (χ3v) is 2.77. The van der Waals surface area contributed by atoms with Gasteiger partial charge in [0.2, 0.25) is 0 Å². The van der Waals surface area contributed by atoms with Crippen molar-refractivity contribution in [2.24, 2.45) is 0 Å². The summed E-state index contributed by atoms with van der Waals surface area (Å²) in [7, 11) is 0. The summed E-state index contributed by atoms with van der Waals surface area (Å²) in [4.78, 5) is 11.4. The van der Waals surface area contributed by atoms with Crippen molar-refractivity contribution in [3.63, 3.8) is 0 Å². The molecular formula is C12H22N2O2S. The third-order valence-electron chi connectivity index (χ3n) is 2.55. The zero-order valence-corrected chi connectivity index (χ0v) is 11.7. The summed E-state index contributed by atoms with van der Waals surface area (Å²) in [6, 6.07) is 0.395. The molecule has 0 aromatic rings. The summed E-state index contributed by atoms with van der Waals surface area (Å²) in [5.41, 5.74) is -0.496. The smallest absolute Gasteiger partial charge is 0.413 e. The fourth-order valence-corrected chi connectivity index (χ4v) is 2.11. The van der Waals surface area contributed by atoms with Gasteiger partial charge in [-0.05, 0) is 45.8 Å². The predicted octanol–water partition coefficient (Wildman–Crippen LogP) is 2.72. The van der Waals surface area contributed by atoms with Crippen molar-refractivity contribution in [3.8, 4) is 0 Å². The first-order valence-corrected chi connectivity index (χ1v) is 6.58. The first-order valence-electron chi connectivity index (χ1n) is 6.17. The maximum Gasteiger partial charge on any atom is 0.413 e. The summed E-state index contributed by atoms with van der Waals surface area (Å²) in [5, 5.41) is 6.06. The highest BCUT2D eigenvalue weighted by Gasteiger charge is 2.18. The summed E-state index contributed by atoms with van der Waals surface area (Å²) in [5.74, 6) is 0. The number of alkyl carbamates (subject to hydrolysis) is 1. The molecule has 0 saturated heterocycles. The molecule has 0 bridgehead atoms. The number of amides is 1. The van der Waals surface area contributed by atoms with Gasteiger partial charge in [0.05, 0.1) is 0 Å². The molecule has 0 aromatic heterocycles. The SMILES string of the molecule is CC(C)(C)OC(=O)NC(=S)NC1CCCCC1. The maximum atomic E-state index is 11.4. The highest BCUT2D eigenvalue weighted by Crippen LogP contribution is 2.17. The van der Waals surface area contributed by atoms with Gasteiger partial charge < -0.3 is 10.1 Å². The normalized spacial score (nSPS) is 17.4. The van der Waals surface area contributed by atoms with Crippen molar-refractivity contribution in [1.29, 1.82) is 0 Å². The van der Waals surface area contributed by atoms with Gasteiger partial charge in [0.25, 0.3) is 0 Å². The second-order valence-electron chi connectivity index (χ2n) is 5.44. The maximum absolute atomic E-state index is 11.4. The van der Waals surface area contributed by atoms with Gasteiger partial charge >= 0.3 is 6.09 Å². The van der Waals surface area contributed by atoms with E-state index >= 15 is 0 Å². The molecule has 4 nitrogen and oxygen atoms in total. The van der Waals surface area contributed by atoms with Gasteiger partial charge in [-0.2, -0.15) is 0 Å². The Morgan fingerprint density at radius 2 is 1.82 bits per heavy atom. The van der Waals surface area contributed by atoms with E-state index in [4.69, 9.17) is 17.0 Å². The number of nitrogens with one attached hydrogen (secondary N) is 2. The zero-order valence-electron chi connectivity index (χ0n) is 10.8. The lowest BCUT2D eigenvalue weighted by Gasteiger charge is -2.25. The van der Waals surface area contributed by atoms with Crippen LogP contribution in [0.5, 0.6) is 0 Å². The molecule has 0 spiro atoms. The van der Waals surface area contributed by atoms with Crippen LogP contribution in [-0.2, 0) is 4.74 Å². The van der Waals surface area contributed by atoms with Crippen LogP contribution in [0.2, 0.25) is 0 Å². The predicted molar refractivity (Wildman–Crippen MR) is 72.0 cm³/mol. The van der Waals surface area contributed by atoms with Crippen molar-refractivity contribution >= 4 is 23.4 Å². The van der Waals surface area contributed by atoms with Gasteiger partial charge in [-0.25, -0.2) is 4.79 Å². The lowest BCUT2D eigenvalue weighted by atomic mass is 9.96. The number of hydrogen-bond acceptors (Lipinski definition) is 3. The Bertz CT molecular complexity index is 281. The Morgan fingerprint density at radius 3 is 2.35 bits per heavy atom. The number of rotatable bonds is 1. The summed E-state index contributed by atoms with van der Waals surface area (Å²) in [6.07, 6.45) is 5.50. The van der Waals surface area contributed by atoms with E-state index in [2.05, 4.69) is 10.6 Å². The van der Waals surface area contributed by atoms with Crippen molar-refractivity contribution in [1.82, 2.24) is 10.6 Å². The highest BCUT2D eigenvalue weighted by molar-refractivity contribution is 7.80. The monoisotopic (exact) mass is 258 g/mol. The van der Waals surface area contributed by atoms with Crippen LogP contribution in [0.4, 0.5) is 4.79 Å². The molecule has 0 unspecified atom stereocenters.